The fourth-order valence-electron chi connectivity index (χ4n) is 2.92. The number of rotatable bonds is 6. The summed E-state index contributed by atoms with van der Waals surface area (Å²) in [5.74, 6) is -0.149. The van der Waals surface area contributed by atoms with Crippen LogP contribution < -0.4 is 5.32 Å². The Kier molecular flexibility index (Phi) is 5.72. The van der Waals surface area contributed by atoms with E-state index in [0.29, 0.717) is 6.54 Å². The van der Waals surface area contributed by atoms with Crippen molar-refractivity contribution in [2.24, 2.45) is 0 Å². The van der Waals surface area contributed by atoms with Crippen molar-refractivity contribution in [2.45, 2.75) is 51.8 Å². The molecule has 0 bridgehead atoms. The normalized spacial score (nSPS) is 29.2. The monoisotopic (exact) mass is 297 g/mol. The molecular weight excluding hydrogens is 270 g/mol. The Morgan fingerprint density at radius 3 is 2.81 bits per heavy atom. The van der Waals surface area contributed by atoms with Gasteiger partial charge in [0.15, 0.2) is 0 Å². The second-order valence-electron chi connectivity index (χ2n) is 5.91. The minimum Gasteiger partial charge on any atom is -0.374 e. The largest absolute Gasteiger partial charge is 0.374 e. The summed E-state index contributed by atoms with van der Waals surface area (Å²) >= 11 is 0. The van der Waals surface area contributed by atoms with Crippen LogP contribution in [0.25, 0.3) is 0 Å². The summed E-state index contributed by atoms with van der Waals surface area (Å²) in [5, 5.41) is 3.22. The Labute approximate surface area is 126 Å². The van der Waals surface area contributed by atoms with Gasteiger partial charge in [-0.3, -0.25) is 19.4 Å². The molecule has 0 aliphatic carbocycles. The van der Waals surface area contributed by atoms with Gasteiger partial charge in [0.1, 0.15) is 0 Å². The van der Waals surface area contributed by atoms with E-state index >= 15 is 0 Å². The lowest BCUT2D eigenvalue weighted by atomic mass is 10.2. The maximum atomic E-state index is 12.3. The molecule has 2 aliphatic heterocycles. The maximum absolute atomic E-state index is 12.3. The highest BCUT2D eigenvalue weighted by atomic mass is 16.5. The molecule has 2 aliphatic rings. The first-order valence-electron chi connectivity index (χ1n) is 8.00. The van der Waals surface area contributed by atoms with Gasteiger partial charge >= 0.3 is 0 Å². The molecular formula is C15H27N3O3. The molecule has 2 fully saturated rings. The van der Waals surface area contributed by atoms with Crippen LogP contribution >= 0.6 is 0 Å². The Morgan fingerprint density at radius 1 is 1.38 bits per heavy atom. The average molecular weight is 297 g/mol. The lowest BCUT2D eigenvalue weighted by Gasteiger charge is -2.32. The smallest absolute Gasteiger partial charge is 0.247 e. The third-order valence-corrected chi connectivity index (χ3v) is 4.48. The van der Waals surface area contributed by atoms with E-state index in [1.807, 2.05) is 13.8 Å². The molecule has 3 atom stereocenters. The second kappa shape index (κ2) is 7.33. The lowest BCUT2D eigenvalue weighted by Crippen LogP contribution is -2.49. The van der Waals surface area contributed by atoms with Crippen LogP contribution in [0, 0.1) is 0 Å². The van der Waals surface area contributed by atoms with Crippen LogP contribution in [-0.2, 0) is 14.3 Å². The van der Waals surface area contributed by atoms with Crippen LogP contribution in [0.3, 0.4) is 0 Å². The molecule has 1 N–H and O–H groups in total. The number of carbonyl (C=O) groups is 2. The fourth-order valence-corrected chi connectivity index (χ4v) is 2.92. The number of carbonyl (C=O) groups excluding carboxylic acids is 2. The van der Waals surface area contributed by atoms with Gasteiger partial charge < -0.3 is 10.1 Å². The van der Waals surface area contributed by atoms with E-state index in [1.165, 1.54) is 4.90 Å². The summed E-state index contributed by atoms with van der Waals surface area (Å²) in [6.07, 6.45) is 1.16. The zero-order valence-electron chi connectivity index (χ0n) is 13.3. The van der Waals surface area contributed by atoms with Crippen molar-refractivity contribution < 1.29 is 14.3 Å². The summed E-state index contributed by atoms with van der Waals surface area (Å²) in [6, 6.07) is -0.398. The summed E-state index contributed by atoms with van der Waals surface area (Å²) in [6.45, 7) is 10.3. The molecule has 21 heavy (non-hydrogen) atoms. The molecule has 2 heterocycles. The Bertz CT molecular complexity index is 388. The summed E-state index contributed by atoms with van der Waals surface area (Å²) in [7, 11) is 0. The topological polar surface area (TPSA) is 61.9 Å². The predicted molar refractivity (Wildman–Crippen MR) is 79.9 cm³/mol. The molecule has 0 aromatic carbocycles. The average Bonchev–Trinajstić information content (AvgIpc) is 2.79. The zero-order valence-corrected chi connectivity index (χ0v) is 13.3. The Hall–Kier alpha value is -0.980. The minimum absolute atomic E-state index is 0.0155. The maximum Gasteiger partial charge on any atom is 0.247 e. The Balaban J connectivity index is 1.84. The molecule has 2 saturated heterocycles. The molecule has 0 aromatic rings. The van der Waals surface area contributed by atoms with Gasteiger partial charge in [-0.1, -0.05) is 13.8 Å². The van der Waals surface area contributed by atoms with Crippen LogP contribution in [0.2, 0.25) is 0 Å². The molecule has 6 nitrogen and oxygen atoms in total. The van der Waals surface area contributed by atoms with Gasteiger partial charge in [0.2, 0.25) is 11.8 Å². The van der Waals surface area contributed by atoms with Crippen LogP contribution in [-0.4, -0.2) is 72.6 Å². The van der Waals surface area contributed by atoms with E-state index in [4.69, 9.17) is 4.74 Å². The molecule has 0 radical (unpaired) electrons. The number of amides is 2. The molecule has 6 heteroatoms. The van der Waals surface area contributed by atoms with Crippen molar-refractivity contribution in [3.05, 3.63) is 0 Å². The number of hydrogen-bond acceptors (Lipinski definition) is 5. The van der Waals surface area contributed by atoms with E-state index < -0.39 is 0 Å². The number of hydrogen-bond donors (Lipinski definition) is 1. The van der Waals surface area contributed by atoms with Gasteiger partial charge in [0.25, 0.3) is 0 Å². The third-order valence-electron chi connectivity index (χ3n) is 4.48. The standard InChI is InChI=1S/C15H27N3O3/c1-4-11(3)18-14(19)8-13(15(18)20)16-9-12-10-17(5-2)6-7-21-12/h11-13,16H,4-10H2,1-3H3. The highest BCUT2D eigenvalue weighted by Crippen LogP contribution is 2.18. The molecule has 3 unspecified atom stereocenters. The Morgan fingerprint density at radius 2 is 2.14 bits per heavy atom. The van der Waals surface area contributed by atoms with Gasteiger partial charge in [0.05, 0.1) is 25.2 Å². The van der Waals surface area contributed by atoms with Crippen molar-refractivity contribution >= 4 is 11.8 Å². The molecule has 2 amide bonds. The van der Waals surface area contributed by atoms with E-state index in [9.17, 15) is 9.59 Å². The molecule has 0 saturated carbocycles. The first kappa shape index (κ1) is 16.4. The first-order chi connectivity index (χ1) is 10.1. The number of imide groups is 1. The summed E-state index contributed by atoms with van der Waals surface area (Å²) < 4.78 is 5.71. The van der Waals surface area contributed by atoms with Crippen LogP contribution in [0.1, 0.15) is 33.6 Å². The van der Waals surface area contributed by atoms with Crippen LogP contribution in [0.4, 0.5) is 0 Å². The molecule has 0 aromatic heterocycles. The summed E-state index contributed by atoms with van der Waals surface area (Å²) in [4.78, 5) is 28.0. The van der Waals surface area contributed by atoms with Crippen molar-refractivity contribution in [3.63, 3.8) is 0 Å². The van der Waals surface area contributed by atoms with E-state index in [-0.39, 0.29) is 36.4 Å². The highest BCUT2D eigenvalue weighted by molar-refractivity contribution is 6.05. The van der Waals surface area contributed by atoms with Gasteiger partial charge in [0, 0.05) is 25.7 Å². The lowest BCUT2D eigenvalue weighted by molar-refractivity contribution is -0.141. The third kappa shape index (κ3) is 3.81. The molecule has 120 valence electrons. The second-order valence-corrected chi connectivity index (χ2v) is 5.91. The minimum atomic E-state index is -0.382. The van der Waals surface area contributed by atoms with Crippen molar-refractivity contribution in [2.75, 3.05) is 32.8 Å². The van der Waals surface area contributed by atoms with Gasteiger partial charge in [-0.15, -0.1) is 0 Å². The number of nitrogens with one attached hydrogen (secondary N) is 1. The number of nitrogens with zero attached hydrogens (tertiary/aromatic N) is 2. The number of morpholine rings is 1. The predicted octanol–water partition coefficient (Wildman–Crippen LogP) is 0.223. The van der Waals surface area contributed by atoms with E-state index in [0.717, 1.165) is 32.7 Å². The first-order valence-corrected chi connectivity index (χ1v) is 8.00. The number of likely N-dealkylation sites (N-methyl/N-ethyl adjacent to an activating group) is 1. The van der Waals surface area contributed by atoms with E-state index in [1.54, 1.807) is 0 Å². The zero-order chi connectivity index (χ0) is 15.4. The highest BCUT2D eigenvalue weighted by Gasteiger charge is 2.40. The quantitative estimate of drug-likeness (QED) is 0.711. The van der Waals surface area contributed by atoms with Gasteiger partial charge in [-0.05, 0) is 19.9 Å². The van der Waals surface area contributed by atoms with E-state index in [2.05, 4.69) is 17.1 Å². The van der Waals surface area contributed by atoms with Crippen LogP contribution in [0.15, 0.2) is 0 Å². The number of likely N-dealkylation sites (tertiary alicyclic amines) is 1. The van der Waals surface area contributed by atoms with Gasteiger partial charge in [-0.25, -0.2) is 0 Å². The summed E-state index contributed by atoms with van der Waals surface area (Å²) in [5.41, 5.74) is 0. The molecule has 0 spiro atoms. The van der Waals surface area contributed by atoms with Crippen molar-refractivity contribution in [1.29, 1.82) is 0 Å². The van der Waals surface area contributed by atoms with Gasteiger partial charge in [-0.2, -0.15) is 0 Å². The van der Waals surface area contributed by atoms with Crippen molar-refractivity contribution in [1.82, 2.24) is 15.1 Å². The van der Waals surface area contributed by atoms with Crippen molar-refractivity contribution in [3.8, 4) is 0 Å². The molecule has 2 rings (SSSR count). The number of ether oxygens (including phenoxy) is 1. The fraction of sp³-hybridized carbons (Fsp3) is 0.867. The SMILES string of the molecule is CCC(C)N1C(=O)CC(NCC2CN(CC)CCO2)C1=O. The van der Waals surface area contributed by atoms with Crippen LogP contribution in [0.5, 0.6) is 0 Å².